The maximum atomic E-state index is 13.8. The van der Waals surface area contributed by atoms with Crippen LogP contribution in [-0.2, 0) is 9.53 Å². The van der Waals surface area contributed by atoms with E-state index >= 15 is 0 Å². The van der Waals surface area contributed by atoms with Crippen molar-refractivity contribution in [3.63, 3.8) is 0 Å². The van der Waals surface area contributed by atoms with Gasteiger partial charge in [-0.2, -0.15) is 0 Å². The Kier molecular flexibility index (Phi) is 4.83. The molecule has 1 heterocycles. The quantitative estimate of drug-likeness (QED) is 0.797. The van der Waals surface area contributed by atoms with Crippen LogP contribution in [0.5, 0.6) is 0 Å². The molecule has 0 saturated carbocycles. The van der Waals surface area contributed by atoms with Gasteiger partial charge in [0, 0.05) is 32.7 Å². The SMILES string of the molecule is COC(=O)C(C)(C)CN1CCN(c2ccccc2F)CC1. The number of rotatable bonds is 4. The molecule has 0 bridgehead atoms. The number of para-hydroxylation sites is 1. The molecule has 1 aromatic carbocycles. The van der Waals surface area contributed by atoms with Crippen molar-refractivity contribution in [2.75, 3.05) is 44.7 Å². The van der Waals surface area contributed by atoms with Crippen molar-refractivity contribution < 1.29 is 13.9 Å². The Balaban J connectivity index is 1.92. The van der Waals surface area contributed by atoms with Crippen LogP contribution < -0.4 is 4.90 Å². The lowest BCUT2D eigenvalue weighted by atomic mass is 9.92. The lowest BCUT2D eigenvalue weighted by Gasteiger charge is -2.39. The minimum absolute atomic E-state index is 0.180. The summed E-state index contributed by atoms with van der Waals surface area (Å²) in [6, 6.07) is 6.85. The summed E-state index contributed by atoms with van der Waals surface area (Å²) in [7, 11) is 1.42. The van der Waals surface area contributed by atoms with Gasteiger partial charge in [-0.1, -0.05) is 12.1 Å². The number of benzene rings is 1. The average molecular weight is 294 g/mol. The van der Waals surface area contributed by atoms with Crippen LogP contribution in [0, 0.1) is 11.2 Å². The van der Waals surface area contributed by atoms with Gasteiger partial charge in [-0.25, -0.2) is 4.39 Å². The smallest absolute Gasteiger partial charge is 0.312 e. The van der Waals surface area contributed by atoms with Crippen molar-refractivity contribution in [3.8, 4) is 0 Å². The molecule has 1 aliphatic heterocycles. The van der Waals surface area contributed by atoms with E-state index in [2.05, 4.69) is 9.80 Å². The average Bonchev–Trinajstić information content (AvgIpc) is 2.47. The van der Waals surface area contributed by atoms with E-state index in [1.807, 2.05) is 26.0 Å². The van der Waals surface area contributed by atoms with Gasteiger partial charge >= 0.3 is 5.97 Å². The third-order valence-corrected chi connectivity index (χ3v) is 3.92. The molecule has 0 aromatic heterocycles. The monoisotopic (exact) mass is 294 g/mol. The number of anilines is 1. The van der Waals surface area contributed by atoms with Gasteiger partial charge in [0.2, 0.25) is 0 Å². The second kappa shape index (κ2) is 6.43. The Bertz CT molecular complexity index is 497. The molecule has 1 aliphatic rings. The third-order valence-electron chi connectivity index (χ3n) is 3.92. The first-order valence-corrected chi connectivity index (χ1v) is 7.24. The maximum absolute atomic E-state index is 13.8. The van der Waals surface area contributed by atoms with Crippen molar-refractivity contribution >= 4 is 11.7 Å². The number of hydrogen-bond acceptors (Lipinski definition) is 4. The lowest BCUT2D eigenvalue weighted by Crippen LogP contribution is -2.50. The fraction of sp³-hybridized carbons (Fsp3) is 0.562. The summed E-state index contributed by atoms with van der Waals surface area (Å²) in [5.41, 5.74) is 0.138. The Morgan fingerprint density at radius 1 is 1.24 bits per heavy atom. The molecule has 0 N–H and O–H groups in total. The number of nitrogens with zero attached hydrogens (tertiary/aromatic N) is 2. The van der Waals surface area contributed by atoms with E-state index in [4.69, 9.17) is 4.74 Å². The van der Waals surface area contributed by atoms with Crippen molar-refractivity contribution in [2.45, 2.75) is 13.8 Å². The van der Waals surface area contributed by atoms with E-state index in [1.54, 1.807) is 6.07 Å². The molecule has 116 valence electrons. The Morgan fingerprint density at radius 2 is 1.86 bits per heavy atom. The van der Waals surface area contributed by atoms with Crippen LogP contribution in [0.2, 0.25) is 0 Å². The molecule has 1 fully saturated rings. The van der Waals surface area contributed by atoms with Crippen molar-refractivity contribution in [1.29, 1.82) is 0 Å². The molecule has 1 saturated heterocycles. The molecule has 0 unspecified atom stereocenters. The van der Waals surface area contributed by atoms with Crippen molar-refractivity contribution in [1.82, 2.24) is 4.90 Å². The zero-order chi connectivity index (χ0) is 15.5. The van der Waals surface area contributed by atoms with Gasteiger partial charge < -0.3 is 9.64 Å². The summed E-state index contributed by atoms with van der Waals surface area (Å²) < 4.78 is 18.6. The van der Waals surface area contributed by atoms with Crippen LogP contribution in [0.25, 0.3) is 0 Å². The number of piperazine rings is 1. The topological polar surface area (TPSA) is 32.8 Å². The highest BCUT2D eigenvalue weighted by atomic mass is 19.1. The Labute approximate surface area is 125 Å². The summed E-state index contributed by atoms with van der Waals surface area (Å²) in [5, 5.41) is 0. The number of esters is 1. The summed E-state index contributed by atoms with van der Waals surface area (Å²) in [6.45, 7) is 7.59. The van der Waals surface area contributed by atoms with E-state index < -0.39 is 5.41 Å². The predicted molar refractivity (Wildman–Crippen MR) is 80.9 cm³/mol. The highest BCUT2D eigenvalue weighted by Crippen LogP contribution is 2.23. The van der Waals surface area contributed by atoms with Crippen LogP contribution in [0.3, 0.4) is 0 Å². The largest absolute Gasteiger partial charge is 0.469 e. The highest BCUT2D eigenvalue weighted by Gasteiger charge is 2.32. The van der Waals surface area contributed by atoms with Crippen LogP contribution in [0.15, 0.2) is 24.3 Å². The number of methoxy groups -OCH3 is 1. The minimum atomic E-state index is -0.519. The number of hydrogen-bond donors (Lipinski definition) is 0. The third kappa shape index (κ3) is 3.73. The van der Waals surface area contributed by atoms with Gasteiger partial charge in [0.1, 0.15) is 5.82 Å². The fourth-order valence-corrected chi connectivity index (χ4v) is 2.75. The molecular weight excluding hydrogens is 271 g/mol. The summed E-state index contributed by atoms with van der Waals surface area (Å²) >= 11 is 0. The molecule has 1 aromatic rings. The second-order valence-electron chi connectivity index (χ2n) is 6.09. The van der Waals surface area contributed by atoms with Gasteiger partial charge in [0.15, 0.2) is 0 Å². The van der Waals surface area contributed by atoms with E-state index in [0.717, 1.165) is 26.2 Å². The van der Waals surface area contributed by atoms with E-state index in [-0.39, 0.29) is 11.8 Å². The maximum Gasteiger partial charge on any atom is 0.312 e. The van der Waals surface area contributed by atoms with Crippen molar-refractivity contribution in [2.24, 2.45) is 5.41 Å². The molecule has 0 atom stereocenters. The molecule has 5 heteroatoms. The normalized spacial score (nSPS) is 16.9. The summed E-state index contributed by atoms with van der Waals surface area (Å²) in [6.07, 6.45) is 0. The number of ether oxygens (including phenoxy) is 1. The molecular formula is C16H23FN2O2. The molecule has 2 rings (SSSR count). The fourth-order valence-electron chi connectivity index (χ4n) is 2.75. The molecule has 0 radical (unpaired) electrons. The zero-order valence-corrected chi connectivity index (χ0v) is 12.9. The zero-order valence-electron chi connectivity index (χ0n) is 12.9. The molecule has 0 aliphatic carbocycles. The van der Waals surface area contributed by atoms with Crippen LogP contribution in [-0.4, -0.2) is 50.7 Å². The standard InChI is InChI=1S/C16H23FN2O2/c1-16(2,15(20)21-3)12-18-8-10-19(11-9-18)14-7-5-4-6-13(14)17/h4-7H,8-12H2,1-3H3. The van der Waals surface area contributed by atoms with Gasteiger partial charge in [-0.05, 0) is 26.0 Å². The van der Waals surface area contributed by atoms with Crippen LogP contribution >= 0.6 is 0 Å². The first kappa shape index (κ1) is 15.8. The van der Waals surface area contributed by atoms with Gasteiger partial charge in [0.05, 0.1) is 18.2 Å². The molecule has 0 spiro atoms. The number of carbonyl (C=O) groups is 1. The number of carbonyl (C=O) groups excluding carboxylic acids is 1. The molecule has 4 nitrogen and oxygen atoms in total. The first-order chi connectivity index (χ1) is 9.94. The molecule has 21 heavy (non-hydrogen) atoms. The van der Waals surface area contributed by atoms with Gasteiger partial charge in [-0.3, -0.25) is 9.69 Å². The Hall–Kier alpha value is -1.62. The summed E-state index contributed by atoms with van der Waals surface area (Å²) in [5.74, 6) is -0.375. The molecule has 0 amide bonds. The van der Waals surface area contributed by atoms with Crippen molar-refractivity contribution in [3.05, 3.63) is 30.1 Å². The Morgan fingerprint density at radius 3 is 2.43 bits per heavy atom. The number of halogens is 1. The first-order valence-electron chi connectivity index (χ1n) is 7.24. The minimum Gasteiger partial charge on any atom is -0.469 e. The lowest BCUT2D eigenvalue weighted by molar-refractivity contribution is -0.151. The second-order valence-corrected chi connectivity index (χ2v) is 6.09. The van der Waals surface area contributed by atoms with Crippen LogP contribution in [0.4, 0.5) is 10.1 Å². The van der Waals surface area contributed by atoms with E-state index in [0.29, 0.717) is 12.2 Å². The van der Waals surface area contributed by atoms with E-state index in [9.17, 15) is 9.18 Å². The van der Waals surface area contributed by atoms with Gasteiger partial charge in [0.25, 0.3) is 0 Å². The highest BCUT2D eigenvalue weighted by molar-refractivity contribution is 5.76. The van der Waals surface area contributed by atoms with Crippen LogP contribution in [0.1, 0.15) is 13.8 Å². The predicted octanol–water partition coefficient (Wildman–Crippen LogP) is 2.15. The van der Waals surface area contributed by atoms with Gasteiger partial charge in [-0.15, -0.1) is 0 Å². The summed E-state index contributed by atoms with van der Waals surface area (Å²) in [4.78, 5) is 16.0. The van der Waals surface area contributed by atoms with E-state index in [1.165, 1.54) is 13.2 Å².